The fourth-order valence-electron chi connectivity index (χ4n) is 3.46. The normalized spacial score (nSPS) is 12.1. The molecule has 3 rings (SSSR count). The van der Waals surface area contributed by atoms with Crippen molar-refractivity contribution in [3.8, 4) is 11.5 Å². The monoisotopic (exact) mass is 450 g/mol. The molecule has 3 aromatic carbocycles. The number of carboxylic acids is 1. The van der Waals surface area contributed by atoms with Crippen LogP contribution in [0.15, 0.2) is 72.8 Å². The van der Waals surface area contributed by atoms with Gasteiger partial charge < -0.3 is 19.7 Å². The van der Waals surface area contributed by atoms with E-state index in [0.717, 1.165) is 11.1 Å². The van der Waals surface area contributed by atoms with Crippen LogP contribution in [-0.4, -0.2) is 29.3 Å². The molecule has 0 atom stereocenters. The van der Waals surface area contributed by atoms with E-state index in [1.807, 2.05) is 87.6 Å². The van der Waals surface area contributed by atoms with E-state index in [2.05, 4.69) is 0 Å². The van der Waals surface area contributed by atoms with Crippen LogP contribution in [0, 0.1) is 0 Å². The van der Waals surface area contributed by atoms with Crippen LogP contribution >= 0.6 is 0 Å². The van der Waals surface area contributed by atoms with Crippen molar-refractivity contribution in [1.82, 2.24) is 0 Å². The van der Waals surface area contributed by atoms with Gasteiger partial charge in [0.1, 0.15) is 6.10 Å². The minimum absolute atomic E-state index is 0.0194. The van der Waals surface area contributed by atoms with Gasteiger partial charge in [-0.1, -0.05) is 74.5 Å². The third-order valence-electron chi connectivity index (χ3n) is 6.12. The number of hydrogen-bond acceptors (Lipinski definition) is 4. The van der Waals surface area contributed by atoms with Crippen molar-refractivity contribution in [3.63, 3.8) is 0 Å². The molecule has 32 heavy (non-hydrogen) atoms. The van der Waals surface area contributed by atoms with Crippen LogP contribution in [0.4, 0.5) is 0 Å². The largest absolute Gasteiger partial charge is 0.504 e. The lowest BCUT2D eigenvalue weighted by Gasteiger charge is -2.36. The molecule has 0 amide bonds. The van der Waals surface area contributed by atoms with Crippen LogP contribution in [0.25, 0.3) is 0 Å². The Morgan fingerprint density at radius 1 is 0.969 bits per heavy atom. The molecule has 6 heteroatoms. The van der Waals surface area contributed by atoms with Gasteiger partial charge in [-0.15, -0.1) is 0 Å². The highest BCUT2D eigenvalue weighted by Gasteiger charge is 2.39. The number of aromatic hydroxyl groups is 1. The fraction of sp³-hybridized carbons (Fsp3) is 0.269. The maximum atomic E-state index is 11.7. The highest BCUT2D eigenvalue weighted by Crippen LogP contribution is 2.45. The number of rotatable bonds is 8. The van der Waals surface area contributed by atoms with Crippen molar-refractivity contribution in [2.24, 2.45) is 0 Å². The van der Waals surface area contributed by atoms with Gasteiger partial charge in [-0.3, -0.25) is 0 Å². The summed E-state index contributed by atoms with van der Waals surface area (Å²) in [6.07, 6.45) is -0.136. The Balaban J connectivity index is 2.13. The minimum atomic E-state index is -2.60. The Hall–Kier alpha value is -3.09. The smallest absolute Gasteiger partial charge is 0.335 e. The first-order chi connectivity index (χ1) is 15.0. The molecule has 5 nitrogen and oxygen atoms in total. The number of carboxylic acid groups (broad SMARTS) is 1. The topological polar surface area (TPSA) is 87.0 Å². The van der Waals surface area contributed by atoms with E-state index in [1.165, 1.54) is 12.1 Å². The molecule has 0 unspecified atom stereocenters. The zero-order chi connectivity index (χ0) is 23.5. The van der Waals surface area contributed by atoms with Crippen LogP contribution in [0.5, 0.6) is 11.5 Å². The summed E-state index contributed by atoms with van der Waals surface area (Å²) in [5.41, 5.74) is 2.35. The number of carbonyl (C=O) groups is 1. The third kappa shape index (κ3) is 5.20. The second-order valence-corrected chi connectivity index (χ2v) is 13.7. The molecule has 0 aliphatic carbocycles. The average Bonchev–Trinajstić information content (AvgIpc) is 2.73. The van der Waals surface area contributed by atoms with Gasteiger partial charge in [0.2, 0.25) is 0 Å². The Morgan fingerprint density at radius 2 is 1.47 bits per heavy atom. The van der Waals surface area contributed by atoms with Gasteiger partial charge in [0.25, 0.3) is 0 Å². The summed E-state index contributed by atoms with van der Waals surface area (Å²) in [6, 6.07) is 22.1. The fourth-order valence-corrected chi connectivity index (χ4v) is 4.08. The van der Waals surface area contributed by atoms with E-state index in [1.54, 1.807) is 0 Å². The van der Waals surface area contributed by atoms with Crippen molar-refractivity contribution in [3.05, 3.63) is 95.1 Å². The second kappa shape index (κ2) is 9.18. The number of benzene rings is 3. The molecule has 0 saturated heterocycles. The van der Waals surface area contributed by atoms with Gasteiger partial charge in [-0.25, -0.2) is 4.79 Å². The lowest BCUT2D eigenvalue weighted by atomic mass is 9.97. The van der Waals surface area contributed by atoms with E-state index in [-0.39, 0.29) is 17.1 Å². The number of ether oxygens (including phenoxy) is 1. The number of hydrogen-bond donors (Lipinski definition) is 3. The quantitative estimate of drug-likeness (QED) is 0.379. The van der Waals surface area contributed by atoms with Crippen molar-refractivity contribution in [2.75, 3.05) is 0 Å². The first kappa shape index (κ1) is 23.6. The standard InChI is InChI=1S/C26H30O5Si/c1-26(2,32(3,4)30)17-21-15-20(25(28)29)16-22(27)24(21)31-23(18-11-7-5-8-12-18)19-13-9-6-10-14-19/h5-16,23,27,30H,17H2,1-4H3,(H,28,29). The summed E-state index contributed by atoms with van der Waals surface area (Å²) in [5, 5.41) is 19.9. The molecule has 0 saturated carbocycles. The molecule has 0 spiro atoms. The molecule has 0 radical (unpaired) electrons. The minimum Gasteiger partial charge on any atom is -0.504 e. The van der Waals surface area contributed by atoms with Crippen LogP contribution in [0.2, 0.25) is 18.1 Å². The number of phenols is 1. The van der Waals surface area contributed by atoms with Crippen molar-refractivity contribution in [1.29, 1.82) is 0 Å². The van der Waals surface area contributed by atoms with Gasteiger partial charge in [0, 0.05) is 0 Å². The van der Waals surface area contributed by atoms with E-state index in [0.29, 0.717) is 12.0 Å². The number of phenolic OH excluding ortho intramolecular Hbond substituents is 1. The first-order valence-electron chi connectivity index (χ1n) is 10.6. The Kier molecular flexibility index (Phi) is 6.76. The Morgan fingerprint density at radius 3 is 1.91 bits per heavy atom. The molecule has 3 N–H and O–H groups in total. The molecule has 0 fully saturated rings. The molecule has 168 valence electrons. The highest BCUT2D eigenvalue weighted by atomic mass is 28.4. The van der Waals surface area contributed by atoms with Gasteiger partial charge in [-0.05, 0) is 53.4 Å². The van der Waals surface area contributed by atoms with Crippen LogP contribution in [0.3, 0.4) is 0 Å². The van der Waals surface area contributed by atoms with E-state index < -0.39 is 25.4 Å². The molecule has 0 aliphatic rings. The highest BCUT2D eigenvalue weighted by molar-refractivity contribution is 6.72. The van der Waals surface area contributed by atoms with Crippen LogP contribution < -0.4 is 4.74 Å². The molecule has 0 bridgehead atoms. The summed E-state index contributed by atoms with van der Waals surface area (Å²) in [5.74, 6) is -1.13. The molecule has 0 aliphatic heterocycles. The summed E-state index contributed by atoms with van der Waals surface area (Å²) in [4.78, 5) is 22.5. The lowest BCUT2D eigenvalue weighted by molar-refractivity contribution is 0.0696. The molecule has 0 aromatic heterocycles. The van der Waals surface area contributed by atoms with Crippen LogP contribution in [-0.2, 0) is 6.42 Å². The maximum absolute atomic E-state index is 11.7. The molecular formula is C26H30O5Si. The zero-order valence-electron chi connectivity index (χ0n) is 18.9. The van der Waals surface area contributed by atoms with Gasteiger partial charge in [0.05, 0.1) is 5.56 Å². The molecular weight excluding hydrogens is 420 g/mol. The summed E-state index contributed by atoms with van der Waals surface area (Å²) >= 11 is 0. The van der Waals surface area contributed by atoms with E-state index in [4.69, 9.17) is 4.74 Å². The van der Waals surface area contributed by atoms with Crippen molar-refractivity contribution < 1.29 is 24.5 Å². The third-order valence-corrected chi connectivity index (χ3v) is 9.61. The maximum Gasteiger partial charge on any atom is 0.335 e. The predicted octanol–water partition coefficient (Wildman–Crippen LogP) is 5.78. The zero-order valence-corrected chi connectivity index (χ0v) is 19.9. The van der Waals surface area contributed by atoms with E-state index >= 15 is 0 Å². The van der Waals surface area contributed by atoms with Gasteiger partial charge in [0.15, 0.2) is 19.8 Å². The molecule has 0 heterocycles. The van der Waals surface area contributed by atoms with Crippen LogP contribution in [0.1, 0.15) is 47.0 Å². The Bertz CT molecular complexity index is 1030. The SMILES string of the molecule is CC(C)(Cc1cc(C(=O)O)cc(O)c1OC(c1ccccc1)c1ccccc1)[Si](C)(C)O. The average molecular weight is 451 g/mol. The first-order valence-corrected chi connectivity index (χ1v) is 13.5. The Labute approximate surface area is 190 Å². The molecule has 3 aromatic rings. The lowest BCUT2D eigenvalue weighted by Crippen LogP contribution is -2.40. The predicted molar refractivity (Wildman–Crippen MR) is 128 cm³/mol. The summed E-state index contributed by atoms with van der Waals surface area (Å²) in [6.45, 7) is 7.62. The van der Waals surface area contributed by atoms with Crippen molar-refractivity contribution >= 4 is 14.3 Å². The van der Waals surface area contributed by atoms with E-state index in [9.17, 15) is 19.8 Å². The second-order valence-electron chi connectivity index (χ2n) is 9.23. The number of aromatic carboxylic acids is 1. The van der Waals surface area contributed by atoms with Gasteiger partial charge in [-0.2, -0.15) is 0 Å². The summed E-state index contributed by atoms with van der Waals surface area (Å²) in [7, 11) is -2.60. The summed E-state index contributed by atoms with van der Waals surface area (Å²) < 4.78 is 6.43. The van der Waals surface area contributed by atoms with Crippen molar-refractivity contribution in [2.45, 2.75) is 44.5 Å². The van der Waals surface area contributed by atoms with Gasteiger partial charge >= 0.3 is 5.97 Å².